The van der Waals surface area contributed by atoms with Gasteiger partial charge in [0.05, 0.1) is 0 Å². The Morgan fingerprint density at radius 3 is 2.60 bits per heavy atom. The van der Waals surface area contributed by atoms with Crippen LogP contribution in [-0.2, 0) is 9.53 Å². The minimum Gasteiger partial charge on any atom is -0.461 e. The Kier molecular flexibility index (Phi) is 5.09. The van der Waals surface area contributed by atoms with E-state index in [0.29, 0.717) is 12.3 Å². The summed E-state index contributed by atoms with van der Waals surface area (Å²) in [4.78, 5) is 11.6. The number of rotatable bonds is 4. The van der Waals surface area contributed by atoms with E-state index in [4.69, 9.17) is 10.5 Å². The van der Waals surface area contributed by atoms with Crippen LogP contribution in [0.25, 0.3) is 0 Å². The lowest BCUT2D eigenvalue weighted by molar-refractivity contribution is -0.152. The van der Waals surface area contributed by atoms with Crippen LogP contribution < -0.4 is 5.73 Å². The third-order valence-electron chi connectivity index (χ3n) is 2.70. The summed E-state index contributed by atoms with van der Waals surface area (Å²) < 4.78 is 5.37. The highest BCUT2D eigenvalue weighted by Crippen LogP contribution is 2.20. The molecule has 1 radical (unpaired) electrons. The fraction of sp³-hybridized carbons (Fsp3) is 0.833. The molecule has 2 N–H and O–H groups in total. The predicted molar refractivity (Wildman–Crippen MR) is 60.1 cm³/mol. The second-order valence-electron chi connectivity index (χ2n) is 4.74. The number of hydrogen-bond donors (Lipinski definition) is 1. The maximum absolute atomic E-state index is 11.6. The Morgan fingerprint density at radius 1 is 1.47 bits per heavy atom. The molecule has 1 rings (SSSR count). The van der Waals surface area contributed by atoms with Crippen molar-refractivity contribution in [3.63, 3.8) is 0 Å². The average molecular weight is 212 g/mol. The molecule has 1 saturated carbocycles. The fourth-order valence-electron chi connectivity index (χ4n) is 1.87. The molecule has 1 aliphatic carbocycles. The van der Waals surface area contributed by atoms with E-state index in [1.54, 1.807) is 0 Å². The molecule has 87 valence electrons. The quantitative estimate of drug-likeness (QED) is 0.726. The molecule has 3 nitrogen and oxygen atoms in total. The number of carbonyl (C=O) groups is 1. The van der Waals surface area contributed by atoms with Gasteiger partial charge < -0.3 is 10.5 Å². The van der Waals surface area contributed by atoms with Gasteiger partial charge in [-0.05, 0) is 44.4 Å². The minimum absolute atomic E-state index is 0.0979. The van der Waals surface area contributed by atoms with Crippen LogP contribution in [0.3, 0.4) is 0 Å². The fourth-order valence-corrected chi connectivity index (χ4v) is 1.87. The third-order valence-corrected chi connectivity index (χ3v) is 2.70. The highest BCUT2D eigenvalue weighted by molar-refractivity contribution is 5.75. The zero-order valence-electron chi connectivity index (χ0n) is 9.74. The van der Waals surface area contributed by atoms with E-state index in [1.807, 2.05) is 0 Å². The standard InChI is InChI=1S/C12H22NO2/c1-9(2)8-11(13)12(14)15-10-6-4-3-5-7-10/h3,9-11H,4-8,13H2,1-2H3. The monoisotopic (exact) mass is 212 g/mol. The summed E-state index contributed by atoms with van der Waals surface area (Å²) in [6.07, 6.45) is 7.08. The van der Waals surface area contributed by atoms with Crippen molar-refractivity contribution in [3.8, 4) is 0 Å². The van der Waals surface area contributed by atoms with Crippen LogP contribution in [0, 0.1) is 12.3 Å². The van der Waals surface area contributed by atoms with Crippen molar-refractivity contribution < 1.29 is 9.53 Å². The third kappa shape index (κ3) is 4.65. The summed E-state index contributed by atoms with van der Waals surface area (Å²) >= 11 is 0. The zero-order valence-corrected chi connectivity index (χ0v) is 9.74. The van der Waals surface area contributed by atoms with E-state index in [1.165, 1.54) is 0 Å². The van der Waals surface area contributed by atoms with E-state index in [2.05, 4.69) is 20.3 Å². The minimum atomic E-state index is -0.448. The Labute approximate surface area is 92.4 Å². The average Bonchev–Trinajstić information content (AvgIpc) is 2.18. The van der Waals surface area contributed by atoms with Gasteiger partial charge in [-0.3, -0.25) is 4.79 Å². The molecule has 1 fully saturated rings. The molecule has 3 heteroatoms. The van der Waals surface area contributed by atoms with Crippen LogP contribution >= 0.6 is 0 Å². The second-order valence-corrected chi connectivity index (χ2v) is 4.74. The van der Waals surface area contributed by atoms with Crippen LogP contribution in [0.15, 0.2) is 0 Å². The molecule has 0 bridgehead atoms. The molecule has 0 spiro atoms. The maximum Gasteiger partial charge on any atom is 0.323 e. The summed E-state index contributed by atoms with van der Waals surface area (Å²) in [6.45, 7) is 4.12. The summed E-state index contributed by atoms with van der Waals surface area (Å²) in [7, 11) is 0. The molecule has 1 aliphatic rings. The van der Waals surface area contributed by atoms with E-state index >= 15 is 0 Å². The lowest BCUT2D eigenvalue weighted by Crippen LogP contribution is -2.36. The van der Waals surface area contributed by atoms with Gasteiger partial charge in [-0.15, -0.1) is 0 Å². The molecular weight excluding hydrogens is 190 g/mol. The van der Waals surface area contributed by atoms with Gasteiger partial charge in [-0.25, -0.2) is 0 Å². The zero-order chi connectivity index (χ0) is 11.3. The summed E-state index contributed by atoms with van der Waals surface area (Å²) in [5, 5.41) is 0. The van der Waals surface area contributed by atoms with Crippen molar-refractivity contribution in [3.05, 3.63) is 6.42 Å². The number of esters is 1. The topological polar surface area (TPSA) is 52.3 Å². The van der Waals surface area contributed by atoms with Crippen molar-refractivity contribution in [1.82, 2.24) is 0 Å². The molecule has 0 aromatic heterocycles. The first-order chi connectivity index (χ1) is 7.09. The van der Waals surface area contributed by atoms with Crippen LogP contribution in [-0.4, -0.2) is 18.1 Å². The van der Waals surface area contributed by atoms with E-state index < -0.39 is 6.04 Å². The smallest absolute Gasteiger partial charge is 0.323 e. The Hall–Kier alpha value is -0.570. The second kappa shape index (κ2) is 6.11. The summed E-state index contributed by atoms with van der Waals surface area (Å²) in [5.74, 6) is 0.211. The van der Waals surface area contributed by atoms with Crippen LogP contribution in [0.1, 0.15) is 46.0 Å². The molecule has 1 atom stereocenters. The first-order valence-electron chi connectivity index (χ1n) is 5.87. The molecular formula is C12H22NO2. The van der Waals surface area contributed by atoms with Gasteiger partial charge in [-0.2, -0.15) is 0 Å². The van der Waals surface area contributed by atoms with Crippen LogP contribution in [0.4, 0.5) is 0 Å². The van der Waals surface area contributed by atoms with E-state index in [0.717, 1.165) is 25.7 Å². The van der Waals surface area contributed by atoms with Crippen molar-refractivity contribution in [2.45, 2.75) is 58.1 Å². The van der Waals surface area contributed by atoms with Gasteiger partial charge in [0, 0.05) is 0 Å². The highest BCUT2D eigenvalue weighted by atomic mass is 16.5. The lowest BCUT2D eigenvalue weighted by Gasteiger charge is -2.23. The Balaban J connectivity index is 2.27. The number of carbonyl (C=O) groups excluding carboxylic acids is 1. The van der Waals surface area contributed by atoms with Gasteiger partial charge in [-0.1, -0.05) is 13.8 Å². The van der Waals surface area contributed by atoms with Crippen molar-refractivity contribution in [2.75, 3.05) is 0 Å². The first-order valence-corrected chi connectivity index (χ1v) is 5.87. The molecule has 0 aromatic carbocycles. The van der Waals surface area contributed by atoms with E-state index in [-0.39, 0.29) is 12.1 Å². The van der Waals surface area contributed by atoms with Gasteiger partial charge in [0.2, 0.25) is 0 Å². The van der Waals surface area contributed by atoms with Gasteiger partial charge in [0.15, 0.2) is 0 Å². The Morgan fingerprint density at radius 2 is 2.07 bits per heavy atom. The van der Waals surface area contributed by atoms with Gasteiger partial charge in [0.25, 0.3) is 0 Å². The molecule has 0 amide bonds. The van der Waals surface area contributed by atoms with Crippen molar-refractivity contribution in [2.24, 2.45) is 11.7 Å². The van der Waals surface area contributed by atoms with Crippen molar-refractivity contribution >= 4 is 5.97 Å². The largest absolute Gasteiger partial charge is 0.461 e. The number of ether oxygens (including phenoxy) is 1. The predicted octanol–water partition coefficient (Wildman–Crippen LogP) is 2.05. The maximum atomic E-state index is 11.6. The molecule has 0 heterocycles. The van der Waals surface area contributed by atoms with Crippen molar-refractivity contribution in [1.29, 1.82) is 0 Å². The molecule has 0 aliphatic heterocycles. The van der Waals surface area contributed by atoms with Gasteiger partial charge in [0.1, 0.15) is 12.1 Å². The molecule has 1 unspecified atom stereocenters. The van der Waals surface area contributed by atoms with Crippen LogP contribution in [0.5, 0.6) is 0 Å². The number of nitrogens with two attached hydrogens (primary N) is 1. The molecule has 0 saturated heterocycles. The lowest BCUT2D eigenvalue weighted by atomic mass is 9.97. The normalized spacial score (nSPS) is 20.3. The first kappa shape index (κ1) is 12.5. The summed E-state index contributed by atoms with van der Waals surface area (Å²) in [6, 6.07) is -0.448. The van der Waals surface area contributed by atoms with Gasteiger partial charge >= 0.3 is 5.97 Å². The molecule has 0 aromatic rings. The highest BCUT2D eigenvalue weighted by Gasteiger charge is 2.22. The number of hydrogen-bond acceptors (Lipinski definition) is 3. The summed E-state index contributed by atoms with van der Waals surface area (Å²) in [5.41, 5.74) is 5.75. The van der Waals surface area contributed by atoms with Crippen LogP contribution in [0.2, 0.25) is 0 Å². The van der Waals surface area contributed by atoms with E-state index in [9.17, 15) is 4.79 Å². The SMILES string of the molecule is CC(C)CC(N)C(=O)OC1CC[CH]CC1. The Bertz CT molecular complexity index is 198. The molecule has 15 heavy (non-hydrogen) atoms.